The Morgan fingerprint density at radius 1 is 1.43 bits per heavy atom. The van der Waals surface area contributed by atoms with Crippen molar-refractivity contribution in [2.45, 2.75) is 70.2 Å². The first-order chi connectivity index (χ1) is 10.2. The van der Waals surface area contributed by atoms with Crippen LogP contribution in [0.2, 0.25) is 0 Å². The molecule has 5 heteroatoms. The van der Waals surface area contributed by atoms with E-state index in [4.69, 9.17) is 9.47 Å². The molecule has 2 atom stereocenters. The van der Waals surface area contributed by atoms with Gasteiger partial charge in [-0.3, -0.25) is 4.79 Å². The highest BCUT2D eigenvalue weighted by Crippen LogP contribution is 2.35. The Morgan fingerprint density at radius 3 is 2.90 bits per heavy atom. The van der Waals surface area contributed by atoms with Crippen molar-refractivity contribution in [3.63, 3.8) is 0 Å². The minimum absolute atomic E-state index is 0.00244. The van der Waals surface area contributed by atoms with Crippen molar-refractivity contribution in [1.29, 1.82) is 0 Å². The Kier molecular flexibility index (Phi) is 6.45. The number of unbranched alkanes of at least 4 members (excludes halogenated alkanes) is 2. The number of piperidine rings is 1. The standard InChI is InChI=1S/C16H30N2O3/c1-3-4-5-8-18-15(19)13(2)21-14-11-16(20-12-14)6-9-17-10-7-16/h13-14,17H,3-12H2,1-2H3,(H,18,19). The van der Waals surface area contributed by atoms with Crippen LogP contribution in [0.1, 0.15) is 52.4 Å². The summed E-state index contributed by atoms with van der Waals surface area (Å²) in [4.78, 5) is 12.0. The number of rotatable bonds is 7. The molecule has 2 N–H and O–H groups in total. The summed E-state index contributed by atoms with van der Waals surface area (Å²) in [5, 5.41) is 6.31. The Labute approximate surface area is 128 Å². The predicted molar refractivity (Wildman–Crippen MR) is 82.3 cm³/mol. The second-order valence-corrected chi connectivity index (χ2v) is 6.35. The third kappa shape index (κ3) is 4.94. The van der Waals surface area contributed by atoms with Gasteiger partial charge in [-0.2, -0.15) is 0 Å². The fourth-order valence-electron chi connectivity index (χ4n) is 3.20. The molecule has 21 heavy (non-hydrogen) atoms. The zero-order valence-corrected chi connectivity index (χ0v) is 13.5. The lowest BCUT2D eigenvalue weighted by atomic mass is 9.89. The van der Waals surface area contributed by atoms with Crippen LogP contribution in [0.3, 0.4) is 0 Å². The molecule has 2 aliphatic heterocycles. The lowest BCUT2D eigenvalue weighted by Gasteiger charge is -2.32. The van der Waals surface area contributed by atoms with Crippen LogP contribution in [-0.4, -0.2) is 50.0 Å². The van der Waals surface area contributed by atoms with Crippen molar-refractivity contribution in [3.8, 4) is 0 Å². The van der Waals surface area contributed by atoms with Crippen LogP contribution >= 0.6 is 0 Å². The molecule has 1 amide bonds. The number of amides is 1. The van der Waals surface area contributed by atoms with E-state index in [0.29, 0.717) is 6.61 Å². The topological polar surface area (TPSA) is 59.6 Å². The predicted octanol–water partition coefficient (Wildman–Crippen LogP) is 1.61. The highest BCUT2D eigenvalue weighted by atomic mass is 16.6. The zero-order chi connectivity index (χ0) is 15.1. The summed E-state index contributed by atoms with van der Waals surface area (Å²) < 4.78 is 11.9. The summed E-state index contributed by atoms with van der Waals surface area (Å²) in [6.45, 7) is 7.39. The molecule has 0 aromatic carbocycles. The van der Waals surface area contributed by atoms with Crippen LogP contribution in [0, 0.1) is 0 Å². The first-order valence-electron chi connectivity index (χ1n) is 8.43. The molecule has 0 bridgehead atoms. The molecule has 2 unspecified atom stereocenters. The van der Waals surface area contributed by atoms with E-state index in [9.17, 15) is 4.79 Å². The number of hydrogen-bond acceptors (Lipinski definition) is 4. The minimum Gasteiger partial charge on any atom is -0.372 e. The van der Waals surface area contributed by atoms with E-state index in [1.165, 1.54) is 0 Å². The first kappa shape index (κ1) is 16.7. The SMILES string of the molecule is CCCCCNC(=O)C(C)OC1COC2(CCNCC2)C1. The Bertz CT molecular complexity index is 329. The lowest BCUT2D eigenvalue weighted by Crippen LogP contribution is -2.42. The highest BCUT2D eigenvalue weighted by Gasteiger charge is 2.42. The van der Waals surface area contributed by atoms with Gasteiger partial charge in [-0.15, -0.1) is 0 Å². The fraction of sp³-hybridized carbons (Fsp3) is 0.938. The summed E-state index contributed by atoms with van der Waals surface area (Å²) in [5.41, 5.74) is -0.00671. The molecule has 0 radical (unpaired) electrons. The second-order valence-electron chi connectivity index (χ2n) is 6.35. The van der Waals surface area contributed by atoms with E-state index < -0.39 is 6.10 Å². The van der Waals surface area contributed by atoms with Crippen molar-refractivity contribution < 1.29 is 14.3 Å². The molecule has 0 aromatic heterocycles. The molecule has 0 aliphatic carbocycles. The average molecular weight is 298 g/mol. The average Bonchev–Trinajstić information content (AvgIpc) is 2.86. The normalized spacial score (nSPS) is 25.9. The molecule has 0 saturated carbocycles. The van der Waals surface area contributed by atoms with Gasteiger partial charge in [0.25, 0.3) is 0 Å². The highest BCUT2D eigenvalue weighted by molar-refractivity contribution is 5.80. The van der Waals surface area contributed by atoms with Crippen LogP contribution in [0.25, 0.3) is 0 Å². The van der Waals surface area contributed by atoms with Crippen LogP contribution in [0.5, 0.6) is 0 Å². The van der Waals surface area contributed by atoms with Crippen LogP contribution in [0.4, 0.5) is 0 Å². The van der Waals surface area contributed by atoms with Crippen molar-refractivity contribution in [2.24, 2.45) is 0 Å². The van der Waals surface area contributed by atoms with Gasteiger partial charge in [0.2, 0.25) is 5.91 Å². The van der Waals surface area contributed by atoms with E-state index in [1.54, 1.807) is 0 Å². The van der Waals surface area contributed by atoms with Crippen molar-refractivity contribution in [3.05, 3.63) is 0 Å². The third-order valence-electron chi connectivity index (χ3n) is 4.54. The molecule has 2 fully saturated rings. The number of carbonyl (C=O) groups excluding carboxylic acids is 1. The number of ether oxygens (including phenoxy) is 2. The van der Waals surface area contributed by atoms with Crippen LogP contribution in [0.15, 0.2) is 0 Å². The molecule has 1 spiro atoms. The summed E-state index contributed by atoms with van der Waals surface area (Å²) in [6, 6.07) is 0. The van der Waals surface area contributed by atoms with E-state index >= 15 is 0 Å². The lowest BCUT2D eigenvalue weighted by molar-refractivity contribution is -0.135. The maximum absolute atomic E-state index is 12.0. The van der Waals surface area contributed by atoms with E-state index in [-0.39, 0.29) is 17.6 Å². The number of carbonyl (C=O) groups is 1. The van der Waals surface area contributed by atoms with Gasteiger partial charge in [0.1, 0.15) is 6.10 Å². The molecule has 2 aliphatic rings. The summed E-state index contributed by atoms with van der Waals surface area (Å²) in [6.07, 6.45) is 6.03. The first-order valence-corrected chi connectivity index (χ1v) is 8.43. The van der Waals surface area contributed by atoms with Gasteiger partial charge in [-0.05, 0) is 39.3 Å². The number of hydrogen-bond donors (Lipinski definition) is 2. The van der Waals surface area contributed by atoms with Crippen molar-refractivity contribution in [2.75, 3.05) is 26.2 Å². The minimum atomic E-state index is -0.392. The monoisotopic (exact) mass is 298 g/mol. The van der Waals surface area contributed by atoms with Crippen molar-refractivity contribution >= 4 is 5.91 Å². The van der Waals surface area contributed by atoms with E-state index in [0.717, 1.165) is 58.2 Å². The fourth-order valence-corrected chi connectivity index (χ4v) is 3.20. The smallest absolute Gasteiger partial charge is 0.248 e. The van der Waals surface area contributed by atoms with Gasteiger partial charge in [0.15, 0.2) is 0 Å². The second kappa shape index (κ2) is 8.11. The van der Waals surface area contributed by atoms with Crippen LogP contribution < -0.4 is 10.6 Å². The quantitative estimate of drug-likeness (QED) is 0.701. The van der Waals surface area contributed by atoms with Gasteiger partial charge in [-0.25, -0.2) is 0 Å². The Balaban J connectivity index is 1.68. The molecule has 2 saturated heterocycles. The summed E-state index contributed by atoms with van der Waals surface area (Å²) in [7, 11) is 0. The molecule has 5 nitrogen and oxygen atoms in total. The third-order valence-corrected chi connectivity index (χ3v) is 4.54. The molecular formula is C16H30N2O3. The Hall–Kier alpha value is -0.650. The largest absolute Gasteiger partial charge is 0.372 e. The zero-order valence-electron chi connectivity index (χ0n) is 13.5. The molecule has 0 aromatic rings. The van der Waals surface area contributed by atoms with E-state index in [1.807, 2.05) is 6.92 Å². The number of nitrogens with one attached hydrogen (secondary N) is 2. The van der Waals surface area contributed by atoms with Gasteiger partial charge in [0, 0.05) is 13.0 Å². The molecule has 2 heterocycles. The van der Waals surface area contributed by atoms with Crippen LogP contribution in [-0.2, 0) is 14.3 Å². The molecule has 2 rings (SSSR count). The van der Waals surface area contributed by atoms with Gasteiger partial charge < -0.3 is 20.1 Å². The van der Waals surface area contributed by atoms with Gasteiger partial charge in [-0.1, -0.05) is 19.8 Å². The maximum atomic E-state index is 12.0. The summed E-state index contributed by atoms with van der Waals surface area (Å²) in [5.74, 6) is -0.00244. The molecule has 122 valence electrons. The van der Waals surface area contributed by atoms with Crippen molar-refractivity contribution in [1.82, 2.24) is 10.6 Å². The van der Waals surface area contributed by atoms with Gasteiger partial charge in [0.05, 0.1) is 18.3 Å². The van der Waals surface area contributed by atoms with Gasteiger partial charge >= 0.3 is 0 Å². The molecular weight excluding hydrogens is 268 g/mol. The summed E-state index contributed by atoms with van der Waals surface area (Å²) >= 11 is 0. The maximum Gasteiger partial charge on any atom is 0.248 e. The van der Waals surface area contributed by atoms with E-state index in [2.05, 4.69) is 17.6 Å². The Morgan fingerprint density at radius 2 is 2.19 bits per heavy atom.